The average molecular weight is 227 g/mol. The molecular weight excluding hydrogens is 202 g/mol. The fourth-order valence-electron chi connectivity index (χ4n) is 2.63. The molecule has 0 saturated carbocycles. The molecule has 1 N–H and O–H groups in total. The van der Waals surface area contributed by atoms with Crippen molar-refractivity contribution in [1.82, 2.24) is 5.32 Å². The van der Waals surface area contributed by atoms with Crippen LogP contribution >= 0.6 is 0 Å². The van der Waals surface area contributed by atoms with Gasteiger partial charge in [-0.2, -0.15) is 0 Å². The summed E-state index contributed by atoms with van der Waals surface area (Å²) in [5, 5.41) is 3.19. The first kappa shape index (κ1) is 13.7. The Morgan fingerprint density at radius 2 is 2.00 bits per heavy atom. The molecular formula is C13H25NO2. The number of rotatable bonds is 5. The number of carbonyl (C=O) groups is 1. The third-order valence-electron chi connectivity index (χ3n) is 3.26. The van der Waals surface area contributed by atoms with Crippen molar-refractivity contribution in [1.29, 1.82) is 0 Å². The second-order valence-electron chi connectivity index (χ2n) is 5.79. The summed E-state index contributed by atoms with van der Waals surface area (Å²) in [6.07, 6.45) is 1.45. The molecule has 3 heteroatoms. The molecule has 0 bridgehead atoms. The highest BCUT2D eigenvalue weighted by Gasteiger charge is 2.48. The quantitative estimate of drug-likeness (QED) is 0.731. The molecule has 1 aliphatic heterocycles. The Morgan fingerprint density at radius 1 is 1.38 bits per heavy atom. The van der Waals surface area contributed by atoms with Crippen LogP contribution in [0, 0.1) is 5.92 Å². The van der Waals surface area contributed by atoms with E-state index in [1.165, 1.54) is 0 Å². The van der Waals surface area contributed by atoms with Gasteiger partial charge < -0.3 is 10.1 Å². The van der Waals surface area contributed by atoms with Gasteiger partial charge in [0.05, 0.1) is 11.2 Å². The molecule has 1 rings (SSSR count). The van der Waals surface area contributed by atoms with E-state index in [0.717, 1.165) is 19.5 Å². The lowest BCUT2D eigenvalue weighted by Gasteiger charge is -2.26. The van der Waals surface area contributed by atoms with Crippen LogP contribution in [0.3, 0.4) is 0 Å². The molecule has 0 amide bonds. The van der Waals surface area contributed by atoms with Crippen LogP contribution in [-0.2, 0) is 9.53 Å². The average Bonchev–Trinajstić information content (AvgIpc) is 2.34. The van der Waals surface area contributed by atoms with Crippen LogP contribution in [0.25, 0.3) is 0 Å². The molecule has 1 unspecified atom stereocenters. The Hall–Kier alpha value is -0.410. The number of Topliss-reactive ketones (excluding diaryl/α,β-unsaturated/α-hetero) is 1. The van der Waals surface area contributed by atoms with Gasteiger partial charge in [0, 0.05) is 18.9 Å². The minimum atomic E-state index is -0.313. The Bertz CT molecular complexity index is 259. The van der Waals surface area contributed by atoms with Gasteiger partial charge in [-0.25, -0.2) is 0 Å². The first-order chi connectivity index (χ1) is 7.28. The highest BCUT2D eigenvalue weighted by atomic mass is 16.5. The second-order valence-corrected chi connectivity index (χ2v) is 5.79. The number of hydrogen-bond donors (Lipinski definition) is 1. The van der Waals surface area contributed by atoms with Crippen molar-refractivity contribution in [3.63, 3.8) is 0 Å². The van der Waals surface area contributed by atoms with E-state index in [4.69, 9.17) is 4.74 Å². The van der Waals surface area contributed by atoms with Crippen molar-refractivity contribution in [3.8, 4) is 0 Å². The van der Waals surface area contributed by atoms with Crippen LogP contribution in [0.1, 0.15) is 47.5 Å². The van der Waals surface area contributed by atoms with E-state index < -0.39 is 0 Å². The monoisotopic (exact) mass is 227 g/mol. The van der Waals surface area contributed by atoms with E-state index in [-0.39, 0.29) is 17.1 Å². The first-order valence-corrected chi connectivity index (χ1v) is 6.22. The lowest BCUT2D eigenvalue weighted by molar-refractivity contribution is -0.129. The van der Waals surface area contributed by atoms with Crippen molar-refractivity contribution in [3.05, 3.63) is 0 Å². The first-order valence-electron chi connectivity index (χ1n) is 6.22. The van der Waals surface area contributed by atoms with Gasteiger partial charge in [-0.3, -0.25) is 4.79 Å². The van der Waals surface area contributed by atoms with E-state index in [9.17, 15) is 4.79 Å². The maximum Gasteiger partial charge on any atom is 0.140 e. The van der Waals surface area contributed by atoms with Gasteiger partial charge >= 0.3 is 0 Å². The predicted octanol–water partition coefficient (Wildman–Crippen LogP) is 2.15. The molecule has 1 heterocycles. The maximum atomic E-state index is 12.1. The number of nitrogens with one attached hydrogen (secondary N) is 1. The molecule has 94 valence electrons. The summed E-state index contributed by atoms with van der Waals surface area (Å²) in [6.45, 7) is 11.9. The van der Waals surface area contributed by atoms with Crippen LogP contribution in [0.4, 0.5) is 0 Å². The molecule has 1 atom stereocenters. The standard InChI is InChI=1S/C13H25NO2/c1-6-14-8-7-11(15)10-9-12(2,3)16-13(10,4)5/h10,14H,6-9H2,1-5H3. The summed E-state index contributed by atoms with van der Waals surface area (Å²) in [5.41, 5.74) is -0.477. The van der Waals surface area contributed by atoms with Gasteiger partial charge in [0.15, 0.2) is 0 Å². The minimum absolute atomic E-state index is 0.0427. The fourth-order valence-corrected chi connectivity index (χ4v) is 2.63. The smallest absolute Gasteiger partial charge is 0.140 e. The molecule has 1 fully saturated rings. The maximum absolute atomic E-state index is 12.1. The molecule has 3 nitrogen and oxygen atoms in total. The molecule has 0 radical (unpaired) electrons. The normalized spacial score (nSPS) is 26.9. The van der Waals surface area contributed by atoms with Crippen molar-refractivity contribution in [2.24, 2.45) is 5.92 Å². The van der Waals surface area contributed by atoms with E-state index in [0.29, 0.717) is 12.2 Å². The predicted molar refractivity (Wildman–Crippen MR) is 65.5 cm³/mol. The molecule has 1 saturated heterocycles. The van der Waals surface area contributed by atoms with Crippen LogP contribution in [0.15, 0.2) is 0 Å². The topological polar surface area (TPSA) is 38.3 Å². The van der Waals surface area contributed by atoms with Gasteiger partial charge in [-0.05, 0) is 40.7 Å². The minimum Gasteiger partial charge on any atom is -0.369 e. The molecule has 0 aromatic carbocycles. The Morgan fingerprint density at radius 3 is 2.44 bits per heavy atom. The summed E-state index contributed by atoms with van der Waals surface area (Å²) in [6, 6.07) is 0. The Balaban J connectivity index is 2.56. The van der Waals surface area contributed by atoms with E-state index in [1.54, 1.807) is 0 Å². The van der Waals surface area contributed by atoms with Crippen molar-refractivity contribution in [2.45, 2.75) is 58.7 Å². The highest BCUT2D eigenvalue weighted by molar-refractivity contribution is 5.82. The van der Waals surface area contributed by atoms with E-state index in [1.807, 2.05) is 13.8 Å². The second kappa shape index (κ2) is 4.84. The van der Waals surface area contributed by atoms with Crippen LogP contribution < -0.4 is 5.32 Å². The molecule has 0 spiro atoms. The number of hydrogen-bond acceptors (Lipinski definition) is 3. The van der Waals surface area contributed by atoms with Crippen molar-refractivity contribution in [2.75, 3.05) is 13.1 Å². The lowest BCUT2D eigenvalue weighted by atomic mass is 9.83. The van der Waals surface area contributed by atoms with Gasteiger partial charge in [-0.15, -0.1) is 0 Å². The summed E-state index contributed by atoms with van der Waals surface area (Å²) < 4.78 is 5.93. The number of ether oxygens (including phenoxy) is 1. The van der Waals surface area contributed by atoms with Gasteiger partial charge in [-0.1, -0.05) is 6.92 Å². The summed E-state index contributed by atoms with van der Waals surface area (Å²) in [7, 11) is 0. The third kappa shape index (κ3) is 3.29. The molecule has 0 aromatic rings. The van der Waals surface area contributed by atoms with Gasteiger partial charge in [0.1, 0.15) is 5.78 Å². The zero-order valence-corrected chi connectivity index (χ0v) is 11.2. The lowest BCUT2D eigenvalue weighted by Crippen LogP contribution is -2.35. The molecule has 0 aromatic heterocycles. The summed E-state index contributed by atoms with van der Waals surface area (Å²) >= 11 is 0. The van der Waals surface area contributed by atoms with Crippen LogP contribution in [-0.4, -0.2) is 30.1 Å². The summed E-state index contributed by atoms with van der Waals surface area (Å²) in [4.78, 5) is 12.1. The number of ketones is 1. The van der Waals surface area contributed by atoms with Crippen molar-refractivity contribution >= 4 is 5.78 Å². The van der Waals surface area contributed by atoms with E-state index in [2.05, 4.69) is 26.1 Å². The third-order valence-corrected chi connectivity index (χ3v) is 3.26. The van der Waals surface area contributed by atoms with E-state index >= 15 is 0 Å². The molecule has 0 aliphatic carbocycles. The zero-order chi connectivity index (χ0) is 12.4. The Kier molecular flexibility index (Phi) is 4.13. The highest BCUT2D eigenvalue weighted by Crippen LogP contribution is 2.42. The number of carbonyl (C=O) groups excluding carboxylic acids is 1. The summed E-state index contributed by atoms with van der Waals surface area (Å²) in [5.74, 6) is 0.373. The Labute approximate surface area is 98.9 Å². The largest absolute Gasteiger partial charge is 0.369 e. The van der Waals surface area contributed by atoms with Crippen LogP contribution in [0.5, 0.6) is 0 Å². The fraction of sp³-hybridized carbons (Fsp3) is 0.923. The molecule has 16 heavy (non-hydrogen) atoms. The SMILES string of the molecule is CCNCCC(=O)C1CC(C)(C)OC1(C)C. The van der Waals surface area contributed by atoms with Gasteiger partial charge in [0.2, 0.25) is 0 Å². The van der Waals surface area contributed by atoms with Gasteiger partial charge in [0.25, 0.3) is 0 Å². The van der Waals surface area contributed by atoms with Crippen LogP contribution in [0.2, 0.25) is 0 Å². The zero-order valence-electron chi connectivity index (χ0n) is 11.2. The molecule has 1 aliphatic rings. The van der Waals surface area contributed by atoms with Crippen molar-refractivity contribution < 1.29 is 9.53 Å².